The minimum atomic E-state index is 0.171. The van der Waals surface area contributed by atoms with E-state index in [1.54, 1.807) is 0 Å². The number of para-hydroxylation sites is 2. The molecule has 4 rings (SSSR count). The summed E-state index contributed by atoms with van der Waals surface area (Å²) in [5.41, 5.74) is 1.72. The summed E-state index contributed by atoms with van der Waals surface area (Å²) in [6.45, 7) is 3.76. The van der Waals surface area contributed by atoms with Crippen molar-refractivity contribution in [3.63, 3.8) is 0 Å². The maximum Gasteiger partial charge on any atom is 0.231 e. The molecule has 2 heterocycles. The van der Waals surface area contributed by atoms with Gasteiger partial charge in [-0.2, -0.15) is 0 Å². The molecule has 1 aromatic heterocycles. The Labute approximate surface area is 130 Å². The SMILES string of the molecule is C[C@H]1C[C@@H]1C(=O)N1CCCN(C)c2nc3ccccc3nc21. The molecule has 1 aliphatic heterocycles. The second-order valence-corrected chi connectivity index (χ2v) is 6.44. The predicted molar refractivity (Wildman–Crippen MR) is 87.0 cm³/mol. The molecule has 2 aliphatic rings. The lowest BCUT2D eigenvalue weighted by Gasteiger charge is -2.23. The van der Waals surface area contributed by atoms with Gasteiger partial charge in [-0.05, 0) is 30.9 Å². The molecule has 5 heteroatoms. The number of hydrogen-bond donors (Lipinski definition) is 0. The number of nitrogens with zero attached hydrogens (tertiary/aromatic N) is 4. The number of amides is 1. The number of aromatic nitrogens is 2. The fourth-order valence-electron chi connectivity index (χ4n) is 3.18. The molecule has 1 aromatic carbocycles. The van der Waals surface area contributed by atoms with Gasteiger partial charge < -0.3 is 4.90 Å². The Morgan fingerprint density at radius 2 is 1.77 bits per heavy atom. The third-order valence-electron chi connectivity index (χ3n) is 4.72. The molecule has 0 bridgehead atoms. The van der Waals surface area contributed by atoms with Gasteiger partial charge in [0.1, 0.15) is 0 Å². The van der Waals surface area contributed by atoms with Crippen molar-refractivity contribution in [3.8, 4) is 0 Å². The molecule has 5 nitrogen and oxygen atoms in total. The normalized spacial score (nSPS) is 24.1. The van der Waals surface area contributed by atoms with Crippen molar-refractivity contribution < 1.29 is 4.79 Å². The van der Waals surface area contributed by atoms with E-state index in [0.717, 1.165) is 48.6 Å². The van der Waals surface area contributed by atoms with Crippen molar-refractivity contribution in [3.05, 3.63) is 24.3 Å². The summed E-state index contributed by atoms with van der Waals surface area (Å²) in [6, 6.07) is 7.85. The van der Waals surface area contributed by atoms with Gasteiger partial charge in [0.25, 0.3) is 0 Å². The summed E-state index contributed by atoms with van der Waals surface area (Å²) in [5.74, 6) is 2.43. The highest BCUT2D eigenvalue weighted by Gasteiger charge is 2.43. The molecule has 2 atom stereocenters. The second kappa shape index (κ2) is 4.93. The second-order valence-electron chi connectivity index (χ2n) is 6.44. The Balaban J connectivity index is 1.84. The van der Waals surface area contributed by atoms with Crippen LogP contribution in [0, 0.1) is 11.8 Å². The third-order valence-corrected chi connectivity index (χ3v) is 4.72. The molecule has 114 valence electrons. The average molecular weight is 296 g/mol. The monoisotopic (exact) mass is 296 g/mol. The van der Waals surface area contributed by atoms with E-state index < -0.39 is 0 Å². The zero-order valence-electron chi connectivity index (χ0n) is 13.0. The molecule has 1 saturated carbocycles. The van der Waals surface area contributed by atoms with Crippen molar-refractivity contribution in [1.82, 2.24) is 9.97 Å². The van der Waals surface area contributed by atoms with Crippen molar-refractivity contribution in [2.24, 2.45) is 11.8 Å². The van der Waals surface area contributed by atoms with Gasteiger partial charge in [0.15, 0.2) is 11.6 Å². The number of carbonyl (C=O) groups excluding carboxylic acids is 1. The maximum atomic E-state index is 12.8. The molecule has 0 radical (unpaired) electrons. The summed E-state index contributed by atoms with van der Waals surface area (Å²) in [6.07, 6.45) is 1.94. The van der Waals surface area contributed by atoms with E-state index >= 15 is 0 Å². The fraction of sp³-hybridized carbons (Fsp3) is 0.471. The van der Waals surface area contributed by atoms with Gasteiger partial charge in [0.2, 0.25) is 5.91 Å². The minimum Gasteiger partial charge on any atom is -0.357 e. The smallest absolute Gasteiger partial charge is 0.231 e. The molecule has 2 aromatic rings. The zero-order chi connectivity index (χ0) is 15.3. The summed E-state index contributed by atoms with van der Waals surface area (Å²) in [7, 11) is 2.02. The average Bonchev–Trinajstić information content (AvgIpc) is 3.28. The standard InChI is InChI=1S/C17H20N4O/c1-11-10-12(11)17(22)21-9-5-8-20(2)15-16(21)19-14-7-4-3-6-13(14)18-15/h3-4,6-7,11-12H,5,8-10H2,1-2H3/t11-,12-/m0/s1. The Morgan fingerprint density at radius 1 is 1.14 bits per heavy atom. The van der Waals surface area contributed by atoms with Crippen LogP contribution in [0.4, 0.5) is 11.6 Å². The van der Waals surface area contributed by atoms with Crippen LogP contribution in [-0.2, 0) is 4.79 Å². The van der Waals surface area contributed by atoms with Gasteiger partial charge in [-0.1, -0.05) is 19.1 Å². The highest BCUT2D eigenvalue weighted by atomic mass is 16.2. The van der Waals surface area contributed by atoms with Crippen LogP contribution in [0.15, 0.2) is 24.3 Å². The number of hydrogen-bond acceptors (Lipinski definition) is 4. The van der Waals surface area contributed by atoms with E-state index in [0.29, 0.717) is 5.92 Å². The van der Waals surface area contributed by atoms with E-state index in [9.17, 15) is 4.79 Å². The van der Waals surface area contributed by atoms with Gasteiger partial charge >= 0.3 is 0 Å². The fourth-order valence-corrected chi connectivity index (χ4v) is 3.18. The van der Waals surface area contributed by atoms with Crippen LogP contribution in [0.2, 0.25) is 0 Å². The lowest BCUT2D eigenvalue weighted by molar-refractivity contribution is -0.120. The summed E-state index contributed by atoms with van der Waals surface area (Å²) >= 11 is 0. The van der Waals surface area contributed by atoms with E-state index in [2.05, 4.69) is 11.8 Å². The molecule has 1 amide bonds. The highest BCUT2D eigenvalue weighted by Crippen LogP contribution is 2.41. The van der Waals surface area contributed by atoms with Crippen LogP contribution in [0.1, 0.15) is 19.8 Å². The molecule has 0 saturated heterocycles. The molecule has 1 aliphatic carbocycles. The molecular weight excluding hydrogens is 276 g/mol. The largest absolute Gasteiger partial charge is 0.357 e. The first-order valence-corrected chi connectivity index (χ1v) is 7.94. The number of anilines is 2. The van der Waals surface area contributed by atoms with Gasteiger partial charge in [0, 0.05) is 26.1 Å². The first kappa shape index (κ1) is 13.5. The summed E-state index contributed by atoms with van der Waals surface area (Å²) in [5, 5.41) is 0. The number of rotatable bonds is 1. The Morgan fingerprint density at radius 3 is 2.41 bits per heavy atom. The van der Waals surface area contributed by atoms with Crippen LogP contribution < -0.4 is 9.80 Å². The van der Waals surface area contributed by atoms with Crippen LogP contribution in [0.25, 0.3) is 11.0 Å². The number of carbonyl (C=O) groups is 1. The van der Waals surface area contributed by atoms with Crippen molar-refractivity contribution in [2.75, 3.05) is 29.9 Å². The van der Waals surface area contributed by atoms with Crippen molar-refractivity contribution in [2.45, 2.75) is 19.8 Å². The van der Waals surface area contributed by atoms with Crippen LogP contribution in [-0.4, -0.2) is 36.0 Å². The minimum absolute atomic E-state index is 0.171. The van der Waals surface area contributed by atoms with Gasteiger partial charge in [-0.25, -0.2) is 9.97 Å². The first-order valence-electron chi connectivity index (χ1n) is 7.94. The number of benzene rings is 1. The Kier molecular flexibility index (Phi) is 3.03. The van der Waals surface area contributed by atoms with Gasteiger partial charge in [0.05, 0.1) is 11.0 Å². The van der Waals surface area contributed by atoms with Crippen molar-refractivity contribution >= 4 is 28.6 Å². The van der Waals surface area contributed by atoms with Crippen LogP contribution in [0.3, 0.4) is 0 Å². The van der Waals surface area contributed by atoms with E-state index in [-0.39, 0.29) is 11.8 Å². The van der Waals surface area contributed by atoms with Crippen LogP contribution >= 0.6 is 0 Å². The van der Waals surface area contributed by atoms with E-state index in [1.807, 2.05) is 36.2 Å². The van der Waals surface area contributed by atoms with E-state index in [1.165, 1.54) is 0 Å². The first-order chi connectivity index (χ1) is 10.6. The molecule has 0 spiro atoms. The molecule has 1 fully saturated rings. The van der Waals surface area contributed by atoms with Gasteiger partial charge in [-0.15, -0.1) is 0 Å². The predicted octanol–water partition coefficient (Wildman–Crippen LogP) is 2.46. The zero-order valence-corrected chi connectivity index (χ0v) is 13.0. The van der Waals surface area contributed by atoms with Crippen molar-refractivity contribution in [1.29, 1.82) is 0 Å². The number of fused-ring (bicyclic) bond motifs is 2. The lowest BCUT2D eigenvalue weighted by Crippen LogP contribution is -2.34. The highest BCUT2D eigenvalue weighted by molar-refractivity contribution is 5.99. The summed E-state index contributed by atoms with van der Waals surface area (Å²) < 4.78 is 0. The molecular formula is C17H20N4O. The molecule has 0 unspecified atom stereocenters. The molecule has 22 heavy (non-hydrogen) atoms. The van der Waals surface area contributed by atoms with Crippen LogP contribution in [0.5, 0.6) is 0 Å². The summed E-state index contributed by atoms with van der Waals surface area (Å²) in [4.78, 5) is 26.3. The molecule has 0 N–H and O–H groups in total. The van der Waals surface area contributed by atoms with Gasteiger partial charge in [-0.3, -0.25) is 9.69 Å². The topological polar surface area (TPSA) is 49.3 Å². The maximum absolute atomic E-state index is 12.8. The Bertz CT molecular complexity index is 745. The lowest BCUT2D eigenvalue weighted by atomic mass is 10.2. The van der Waals surface area contributed by atoms with E-state index in [4.69, 9.17) is 9.97 Å². The quantitative estimate of drug-likeness (QED) is 0.811. The Hall–Kier alpha value is -2.17. The third kappa shape index (κ3) is 2.12.